The first-order valence-corrected chi connectivity index (χ1v) is 12.5. The minimum absolute atomic E-state index is 0.0290. The summed E-state index contributed by atoms with van der Waals surface area (Å²) < 4.78 is 54.7. The van der Waals surface area contributed by atoms with Gasteiger partial charge in [-0.25, -0.2) is 21.6 Å². The minimum atomic E-state index is -3.94. The zero-order valence-corrected chi connectivity index (χ0v) is 18.3. The fourth-order valence-electron chi connectivity index (χ4n) is 4.25. The van der Waals surface area contributed by atoms with Crippen molar-refractivity contribution >= 4 is 19.9 Å². The van der Waals surface area contributed by atoms with E-state index < -0.39 is 25.3 Å². The lowest BCUT2D eigenvalue weighted by molar-refractivity contribution is 0.448. The number of nitrogens with one attached hydrogen (secondary N) is 1. The van der Waals surface area contributed by atoms with Crippen molar-refractivity contribution in [3.63, 3.8) is 0 Å². The number of sulfonamides is 1. The van der Waals surface area contributed by atoms with E-state index in [2.05, 4.69) is 4.72 Å². The third-order valence-corrected chi connectivity index (χ3v) is 9.25. The van der Waals surface area contributed by atoms with Crippen LogP contribution in [0.25, 0.3) is 0 Å². The number of nitrogens with zero attached hydrogens (tertiary/aromatic N) is 1. The molecule has 0 atom stereocenters. The highest BCUT2D eigenvalue weighted by Crippen LogP contribution is 2.50. The predicted octanol–water partition coefficient (Wildman–Crippen LogP) is 3.44. The van der Waals surface area contributed by atoms with Gasteiger partial charge in [-0.15, -0.1) is 0 Å². The summed E-state index contributed by atoms with van der Waals surface area (Å²) in [4.78, 5) is 0.213. The second-order valence-electron chi connectivity index (χ2n) is 7.21. The smallest absolute Gasteiger partial charge is 0.218 e. The van der Waals surface area contributed by atoms with Gasteiger partial charge in [-0.2, -0.15) is 5.26 Å². The Bertz CT molecular complexity index is 1210. The largest absolute Gasteiger partial charge is 0.240 e. The van der Waals surface area contributed by atoms with E-state index in [9.17, 15) is 16.8 Å². The SMILES string of the molecule is CCC1(CC)c2ccccc2S(=O)(=O)c2cc(S(=O)(=O)NCCC#N)c(C)cc21. The van der Waals surface area contributed by atoms with E-state index >= 15 is 0 Å². The third-order valence-electron chi connectivity index (χ3n) is 5.80. The molecule has 3 rings (SSSR count). The number of hydrogen-bond donors (Lipinski definition) is 1. The van der Waals surface area contributed by atoms with Gasteiger partial charge in [0.15, 0.2) is 0 Å². The summed E-state index contributed by atoms with van der Waals surface area (Å²) in [6.07, 6.45) is 1.41. The van der Waals surface area contributed by atoms with Gasteiger partial charge in [0.05, 0.1) is 20.8 Å². The zero-order chi connectivity index (χ0) is 21.4. The van der Waals surface area contributed by atoms with Crippen molar-refractivity contribution in [2.75, 3.05) is 6.54 Å². The van der Waals surface area contributed by atoms with E-state index in [1.807, 2.05) is 32.0 Å². The zero-order valence-electron chi connectivity index (χ0n) is 16.7. The quantitative estimate of drug-likeness (QED) is 0.704. The van der Waals surface area contributed by atoms with Crippen LogP contribution in [0.3, 0.4) is 0 Å². The summed E-state index contributed by atoms with van der Waals surface area (Å²) in [5, 5.41) is 8.66. The molecular weight excluding hydrogens is 408 g/mol. The molecule has 6 nitrogen and oxygen atoms in total. The Labute approximate surface area is 172 Å². The van der Waals surface area contributed by atoms with Crippen LogP contribution >= 0.6 is 0 Å². The number of sulfone groups is 1. The molecule has 2 aromatic carbocycles. The maximum absolute atomic E-state index is 13.4. The maximum Gasteiger partial charge on any atom is 0.240 e. The van der Waals surface area contributed by atoms with Crippen molar-refractivity contribution in [1.82, 2.24) is 4.72 Å². The fraction of sp³-hybridized carbons (Fsp3) is 0.381. The predicted molar refractivity (Wildman–Crippen MR) is 110 cm³/mol. The number of fused-ring (bicyclic) bond motifs is 2. The summed E-state index contributed by atoms with van der Waals surface area (Å²) >= 11 is 0. The molecule has 1 N–H and O–H groups in total. The first-order chi connectivity index (χ1) is 13.7. The molecule has 0 spiro atoms. The Morgan fingerprint density at radius 1 is 1.07 bits per heavy atom. The van der Waals surface area contributed by atoms with Crippen LogP contribution in [0.1, 0.15) is 49.8 Å². The Morgan fingerprint density at radius 2 is 1.72 bits per heavy atom. The molecule has 0 saturated heterocycles. The monoisotopic (exact) mass is 432 g/mol. The Balaban J connectivity index is 2.32. The first kappa shape index (κ1) is 21.5. The van der Waals surface area contributed by atoms with Crippen molar-refractivity contribution in [3.05, 3.63) is 53.1 Å². The summed E-state index contributed by atoms with van der Waals surface area (Å²) in [6.45, 7) is 5.68. The molecule has 0 amide bonds. The van der Waals surface area contributed by atoms with Gasteiger partial charge in [-0.3, -0.25) is 0 Å². The number of benzene rings is 2. The Kier molecular flexibility index (Phi) is 5.60. The Hall–Kier alpha value is -2.21. The highest BCUT2D eigenvalue weighted by Gasteiger charge is 2.44. The number of rotatable bonds is 6. The van der Waals surface area contributed by atoms with E-state index in [4.69, 9.17) is 5.26 Å². The first-order valence-electron chi connectivity index (χ1n) is 9.52. The van der Waals surface area contributed by atoms with Gasteiger partial charge in [0.1, 0.15) is 0 Å². The van der Waals surface area contributed by atoms with E-state index in [-0.39, 0.29) is 27.7 Å². The Morgan fingerprint density at radius 3 is 2.34 bits per heavy atom. The fourth-order valence-corrected chi connectivity index (χ4v) is 7.47. The molecule has 0 radical (unpaired) electrons. The molecule has 0 bridgehead atoms. The number of hydrogen-bond acceptors (Lipinski definition) is 5. The van der Waals surface area contributed by atoms with Gasteiger partial charge >= 0.3 is 0 Å². The molecule has 2 aromatic rings. The lowest BCUT2D eigenvalue weighted by Gasteiger charge is -2.40. The second kappa shape index (κ2) is 7.56. The molecule has 1 aliphatic heterocycles. The molecule has 29 heavy (non-hydrogen) atoms. The molecule has 0 aromatic heterocycles. The summed E-state index contributed by atoms with van der Waals surface area (Å²) in [5.74, 6) is 0. The highest BCUT2D eigenvalue weighted by atomic mass is 32.2. The number of aryl methyl sites for hydroxylation is 1. The van der Waals surface area contributed by atoms with Crippen molar-refractivity contribution in [3.8, 4) is 6.07 Å². The summed E-state index contributed by atoms with van der Waals surface area (Å²) in [5.41, 5.74) is 1.39. The molecular formula is C21H24N2O4S2. The van der Waals surface area contributed by atoms with Crippen LogP contribution in [0, 0.1) is 18.3 Å². The van der Waals surface area contributed by atoms with Gasteiger partial charge in [0.25, 0.3) is 0 Å². The van der Waals surface area contributed by atoms with Crippen LogP contribution < -0.4 is 4.72 Å². The van der Waals surface area contributed by atoms with Crippen LogP contribution in [0.4, 0.5) is 0 Å². The molecule has 154 valence electrons. The van der Waals surface area contributed by atoms with E-state index in [1.165, 1.54) is 6.07 Å². The molecule has 0 fully saturated rings. The van der Waals surface area contributed by atoms with Gasteiger partial charge in [0.2, 0.25) is 19.9 Å². The maximum atomic E-state index is 13.4. The van der Waals surface area contributed by atoms with Crippen LogP contribution in [0.5, 0.6) is 0 Å². The third kappa shape index (κ3) is 3.27. The van der Waals surface area contributed by atoms with Gasteiger partial charge in [-0.1, -0.05) is 38.1 Å². The van der Waals surface area contributed by atoms with Crippen molar-refractivity contribution in [2.45, 2.75) is 60.1 Å². The molecule has 0 aliphatic carbocycles. The summed E-state index contributed by atoms with van der Waals surface area (Å²) in [6, 6.07) is 11.8. The van der Waals surface area contributed by atoms with Gasteiger partial charge in [0, 0.05) is 18.4 Å². The topological polar surface area (TPSA) is 104 Å². The lowest BCUT2D eigenvalue weighted by atomic mass is 9.70. The molecule has 1 aliphatic rings. The van der Waals surface area contributed by atoms with Crippen LogP contribution in [0.15, 0.2) is 51.1 Å². The lowest BCUT2D eigenvalue weighted by Crippen LogP contribution is -2.35. The molecule has 0 unspecified atom stereocenters. The van der Waals surface area contributed by atoms with E-state index in [1.54, 1.807) is 25.1 Å². The standard InChI is InChI=1S/C21H24N2O4S2/c1-4-21(5-2)16-9-6-7-10-18(16)28(24,25)20-14-19(15(3)13-17(20)21)29(26,27)23-12-8-11-22/h6-7,9-10,13-14,23H,4-5,8,12H2,1-3H3. The highest BCUT2D eigenvalue weighted by molar-refractivity contribution is 7.92. The van der Waals surface area contributed by atoms with Crippen molar-refractivity contribution in [2.24, 2.45) is 0 Å². The minimum Gasteiger partial charge on any atom is -0.218 e. The average Bonchev–Trinajstić information content (AvgIpc) is 2.69. The van der Waals surface area contributed by atoms with Gasteiger partial charge in [-0.05, 0) is 48.6 Å². The van der Waals surface area contributed by atoms with Crippen molar-refractivity contribution < 1.29 is 16.8 Å². The molecule has 0 saturated carbocycles. The van der Waals surface area contributed by atoms with E-state index in [0.29, 0.717) is 24.0 Å². The summed E-state index contributed by atoms with van der Waals surface area (Å²) in [7, 11) is -7.80. The van der Waals surface area contributed by atoms with Crippen LogP contribution in [-0.4, -0.2) is 23.4 Å². The van der Waals surface area contributed by atoms with Gasteiger partial charge < -0.3 is 0 Å². The molecule has 8 heteroatoms. The molecule has 1 heterocycles. The van der Waals surface area contributed by atoms with E-state index in [0.717, 1.165) is 5.56 Å². The van der Waals surface area contributed by atoms with Crippen LogP contribution in [-0.2, 0) is 25.3 Å². The number of nitriles is 1. The van der Waals surface area contributed by atoms with Crippen molar-refractivity contribution in [1.29, 1.82) is 5.26 Å². The second-order valence-corrected chi connectivity index (χ2v) is 10.8. The van der Waals surface area contributed by atoms with Crippen LogP contribution in [0.2, 0.25) is 0 Å². The normalized spacial score (nSPS) is 16.5. The average molecular weight is 433 g/mol.